The third kappa shape index (κ3) is 3.14. The molecule has 0 bridgehead atoms. The molecule has 130 valence electrons. The maximum Gasteiger partial charge on any atom is 0.270 e. The van der Waals surface area contributed by atoms with E-state index in [1.165, 1.54) is 23.5 Å². The van der Waals surface area contributed by atoms with Crippen molar-refractivity contribution in [3.8, 4) is 10.4 Å². The van der Waals surface area contributed by atoms with E-state index in [9.17, 15) is 9.18 Å². The Morgan fingerprint density at radius 1 is 1.23 bits per heavy atom. The lowest BCUT2D eigenvalue weighted by Gasteiger charge is -2.11. The minimum Gasteiger partial charge on any atom is -0.427 e. The Hall–Kier alpha value is -2.91. The number of hydrogen-bond acceptors (Lipinski definition) is 7. The van der Waals surface area contributed by atoms with Crippen LogP contribution in [0.2, 0.25) is 0 Å². The molecule has 1 aliphatic rings. The van der Waals surface area contributed by atoms with Crippen LogP contribution >= 0.6 is 23.4 Å². The molecular weight excluding hydrogens is 375 g/mol. The average Bonchev–Trinajstić information content (AvgIpc) is 3.09. The van der Waals surface area contributed by atoms with Gasteiger partial charge < -0.3 is 15.2 Å². The minimum atomic E-state index is -0.654. The standard InChI is InChI=1S/C17H11FN4O2S2/c18-10-5-3-9(4-6-10)12-8-11-15(25-12)14(16(19)23)21-22-17(11)20-13-2-1-7-24-26-13/h1-8H,(H2,19,23)(H,20,22). The molecule has 1 aliphatic heterocycles. The first-order valence-electron chi connectivity index (χ1n) is 7.45. The average molecular weight is 386 g/mol. The fourth-order valence-corrected chi connectivity index (χ4v) is 4.05. The lowest BCUT2D eigenvalue weighted by molar-refractivity contribution is 0.0996. The van der Waals surface area contributed by atoms with Gasteiger partial charge in [0.1, 0.15) is 29.2 Å². The molecule has 6 nitrogen and oxygen atoms in total. The van der Waals surface area contributed by atoms with Crippen molar-refractivity contribution >= 4 is 45.2 Å². The molecule has 1 amide bonds. The SMILES string of the molecule is NC(=O)c1nnc(NC2=CC=COS2)c2cc(-c3ccc(F)cc3)sc12. The zero-order chi connectivity index (χ0) is 18.1. The molecule has 3 heterocycles. The van der Waals surface area contributed by atoms with Crippen LogP contribution in [0.1, 0.15) is 10.5 Å². The van der Waals surface area contributed by atoms with Crippen molar-refractivity contribution < 1.29 is 13.4 Å². The number of carbonyl (C=O) groups excluding carboxylic acids is 1. The van der Waals surface area contributed by atoms with E-state index in [1.807, 2.05) is 12.1 Å². The second-order valence-corrected chi connectivity index (χ2v) is 7.14. The fourth-order valence-electron chi connectivity index (χ4n) is 2.40. The summed E-state index contributed by atoms with van der Waals surface area (Å²) in [5.74, 6) is -0.487. The molecule has 4 rings (SSSR count). The number of fused-ring (bicyclic) bond motifs is 1. The summed E-state index contributed by atoms with van der Waals surface area (Å²) in [6.45, 7) is 0. The lowest BCUT2D eigenvalue weighted by Crippen LogP contribution is -2.14. The van der Waals surface area contributed by atoms with Crippen molar-refractivity contribution in [3.05, 3.63) is 65.3 Å². The normalized spacial score (nSPS) is 13.3. The van der Waals surface area contributed by atoms with Crippen LogP contribution in [0.3, 0.4) is 0 Å². The molecule has 0 fully saturated rings. The molecule has 1 aromatic carbocycles. The van der Waals surface area contributed by atoms with E-state index in [2.05, 4.69) is 15.5 Å². The maximum atomic E-state index is 13.2. The molecule has 0 radical (unpaired) electrons. The van der Waals surface area contributed by atoms with Crippen LogP contribution in [0.4, 0.5) is 10.2 Å². The highest BCUT2D eigenvalue weighted by Gasteiger charge is 2.18. The molecule has 0 unspecified atom stereocenters. The number of thiophene rings is 1. The summed E-state index contributed by atoms with van der Waals surface area (Å²) in [6, 6.07) is 8.00. The minimum absolute atomic E-state index is 0.102. The quantitative estimate of drug-likeness (QED) is 0.658. The number of anilines is 1. The summed E-state index contributed by atoms with van der Waals surface area (Å²) in [4.78, 5) is 12.6. The Kier molecular flexibility index (Phi) is 4.31. The third-order valence-corrected chi connectivity index (χ3v) is 5.39. The first kappa shape index (κ1) is 16.6. The third-order valence-electron chi connectivity index (χ3n) is 3.58. The van der Waals surface area contributed by atoms with Crippen molar-refractivity contribution in [3.63, 3.8) is 0 Å². The fraction of sp³-hybridized carbons (Fsp3) is 0. The van der Waals surface area contributed by atoms with Crippen molar-refractivity contribution in [2.24, 2.45) is 5.73 Å². The number of allylic oxidation sites excluding steroid dienone is 2. The topological polar surface area (TPSA) is 90.1 Å². The first-order chi connectivity index (χ1) is 12.6. The number of carbonyl (C=O) groups is 1. The Labute approximate surface area is 155 Å². The number of aromatic nitrogens is 2. The van der Waals surface area contributed by atoms with Crippen LogP contribution < -0.4 is 11.1 Å². The number of benzene rings is 1. The summed E-state index contributed by atoms with van der Waals surface area (Å²) >= 11 is 2.50. The number of amides is 1. The van der Waals surface area contributed by atoms with E-state index in [0.29, 0.717) is 15.9 Å². The Morgan fingerprint density at radius 2 is 2.04 bits per heavy atom. The maximum absolute atomic E-state index is 13.2. The summed E-state index contributed by atoms with van der Waals surface area (Å²) in [5.41, 5.74) is 6.36. The second kappa shape index (κ2) is 6.77. The summed E-state index contributed by atoms with van der Waals surface area (Å²) in [6.07, 6.45) is 5.14. The molecule has 26 heavy (non-hydrogen) atoms. The van der Waals surface area contributed by atoms with E-state index in [0.717, 1.165) is 27.5 Å². The van der Waals surface area contributed by atoms with Crippen LogP contribution in [0.5, 0.6) is 0 Å². The first-order valence-corrected chi connectivity index (χ1v) is 9.01. The number of primary amides is 1. The number of nitrogens with zero attached hydrogens (tertiary/aromatic N) is 2. The van der Waals surface area contributed by atoms with Gasteiger partial charge in [-0.05, 0) is 35.9 Å². The molecular formula is C17H11FN4O2S2. The molecule has 2 aromatic heterocycles. The number of rotatable bonds is 4. The largest absolute Gasteiger partial charge is 0.427 e. The number of nitrogens with one attached hydrogen (secondary N) is 1. The summed E-state index contributed by atoms with van der Waals surface area (Å²) in [7, 11) is 0. The van der Waals surface area contributed by atoms with Gasteiger partial charge in [0.05, 0.1) is 4.70 Å². The van der Waals surface area contributed by atoms with Gasteiger partial charge in [-0.1, -0.05) is 12.1 Å². The summed E-state index contributed by atoms with van der Waals surface area (Å²) in [5, 5.41) is 12.6. The van der Waals surface area contributed by atoms with Crippen LogP contribution in [-0.4, -0.2) is 16.1 Å². The molecule has 0 aliphatic carbocycles. The van der Waals surface area contributed by atoms with E-state index in [-0.39, 0.29) is 11.5 Å². The molecule has 0 spiro atoms. The smallest absolute Gasteiger partial charge is 0.270 e. The van der Waals surface area contributed by atoms with Gasteiger partial charge in [0.25, 0.3) is 5.91 Å². The van der Waals surface area contributed by atoms with Gasteiger partial charge in [-0.15, -0.1) is 21.5 Å². The molecule has 0 atom stereocenters. The van der Waals surface area contributed by atoms with Crippen molar-refractivity contribution in [2.45, 2.75) is 0 Å². The molecule has 0 saturated carbocycles. The van der Waals surface area contributed by atoms with Gasteiger partial charge in [0, 0.05) is 10.3 Å². The molecule has 9 heteroatoms. The molecule has 3 aromatic rings. The highest BCUT2D eigenvalue weighted by atomic mass is 32.2. The Morgan fingerprint density at radius 3 is 2.73 bits per heavy atom. The predicted octanol–water partition coefficient (Wildman–Crippen LogP) is 4.04. The van der Waals surface area contributed by atoms with Gasteiger partial charge in [-0.3, -0.25) is 4.79 Å². The number of halogens is 1. The van der Waals surface area contributed by atoms with Gasteiger partial charge in [0.2, 0.25) is 0 Å². The number of nitrogens with two attached hydrogens (primary N) is 1. The highest BCUT2D eigenvalue weighted by molar-refractivity contribution is 7.98. The van der Waals surface area contributed by atoms with Gasteiger partial charge >= 0.3 is 0 Å². The van der Waals surface area contributed by atoms with Crippen molar-refractivity contribution in [1.29, 1.82) is 0 Å². The summed E-state index contributed by atoms with van der Waals surface area (Å²) < 4.78 is 19.0. The van der Waals surface area contributed by atoms with Crippen LogP contribution in [0.15, 0.2) is 53.8 Å². The van der Waals surface area contributed by atoms with E-state index in [1.54, 1.807) is 24.5 Å². The highest BCUT2D eigenvalue weighted by Crippen LogP contribution is 2.38. The van der Waals surface area contributed by atoms with Gasteiger partial charge in [-0.2, -0.15) is 0 Å². The zero-order valence-corrected chi connectivity index (χ0v) is 14.7. The van der Waals surface area contributed by atoms with Crippen LogP contribution in [-0.2, 0) is 4.18 Å². The number of hydrogen-bond donors (Lipinski definition) is 2. The van der Waals surface area contributed by atoms with Crippen molar-refractivity contribution in [1.82, 2.24) is 10.2 Å². The second-order valence-electron chi connectivity index (χ2n) is 5.29. The molecule has 0 saturated heterocycles. The van der Waals surface area contributed by atoms with Gasteiger partial charge in [-0.25, -0.2) is 4.39 Å². The van der Waals surface area contributed by atoms with Crippen LogP contribution in [0.25, 0.3) is 20.5 Å². The monoisotopic (exact) mass is 386 g/mol. The van der Waals surface area contributed by atoms with Crippen LogP contribution in [0, 0.1) is 5.82 Å². The van der Waals surface area contributed by atoms with Crippen molar-refractivity contribution in [2.75, 3.05) is 5.32 Å². The Balaban J connectivity index is 1.84. The Bertz CT molecular complexity index is 1060. The zero-order valence-electron chi connectivity index (χ0n) is 13.1. The predicted molar refractivity (Wildman–Crippen MR) is 101 cm³/mol. The molecule has 3 N–H and O–H groups in total. The van der Waals surface area contributed by atoms with E-state index >= 15 is 0 Å². The van der Waals surface area contributed by atoms with E-state index < -0.39 is 5.91 Å². The van der Waals surface area contributed by atoms with Gasteiger partial charge in [0.15, 0.2) is 11.5 Å². The van der Waals surface area contributed by atoms with E-state index in [4.69, 9.17) is 9.92 Å². The lowest BCUT2D eigenvalue weighted by atomic mass is 10.1.